The van der Waals surface area contributed by atoms with E-state index in [0.717, 1.165) is 84.8 Å². The van der Waals surface area contributed by atoms with Gasteiger partial charge in [0, 0.05) is 81.2 Å². The Balaban J connectivity index is 0.807. The molecule has 3 unspecified atom stereocenters. The fourth-order valence-corrected chi connectivity index (χ4v) is 14.0. The van der Waals surface area contributed by atoms with E-state index in [-0.39, 0.29) is 60.4 Å². The number of anilines is 1. The molecule has 12 rings (SSSR count). The smallest absolute Gasteiger partial charge is 0.318 e. The van der Waals surface area contributed by atoms with E-state index < -0.39 is 0 Å². The SMILES string of the molecule is C=CC(=O)N1CCC(c2nc(OC[C@@H]3CC(c4cc(C5Cc6nc(OC[C@@H]7CCCN7C)nc(N7CCN(C(=O)C#CC)[C@@H](CC#N)C7)c6CO5)c5c(C)cccc5c4)CN3C)nc3c2COC(c2cccc4cccc(C)c24)C3)CC1. The molecule has 0 radical (unpaired) electrons. The molecule has 2 amide bonds. The largest absolute Gasteiger partial charge is 0.462 e. The number of amides is 2. The molecule has 0 bridgehead atoms. The third kappa shape index (κ3) is 11.0. The van der Waals surface area contributed by atoms with Gasteiger partial charge in [-0.2, -0.15) is 25.2 Å². The molecule has 0 spiro atoms. The zero-order valence-corrected chi connectivity index (χ0v) is 48.0. The van der Waals surface area contributed by atoms with Gasteiger partial charge in [0.15, 0.2) is 0 Å². The highest BCUT2D eigenvalue weighted by molar-refractivity contribution is 5.94. The van der Waals surface area contributed by atoms with Crippen molar-refractivity contribution >= 4 is 39.2 Å². The van der Waals surface area contributed by atoms with Crippen molar-refractivity contribution in [3.63, 3.8) is 0 Å². The Hall–Kier alpha value is -7.47. The molecule has 0 aliphatic carbocycles. The van der Waals surface area contributed by atoms with Gasteiger partial charge in [0.25, 0.3) is 5.91 Å². The molecule has 4 aromatic carbocycles. The molecule has 16 heteroatoms. The molecule has 424 valence electrons. The molecule has 0 saturated carbocycles. The van der Waals surface area contributed by atoms with Crippen molar-refractivity contribution in [2.45, 2.75) is 128 Å². The zero-order valence-electron chi connectivity index (χ0n) is 48.0. The number of piperidine rings is 1. The van der Waals surface area contributed by atoms with Crippen LogP contribution in [0.4, 0.5) is 5.82 Å². The van der Waals surface area contributed by atoms with E-state index in [9.17, 15) is 14.9 Å². The second-order valence-electron chi connectivity index (χ2n) is 23.4. The van der Waals surface area contributed by atoms with Crippen molar-refractivity contribution in [2.24, 2.45) is 0 Å². The van der Waals surface area contributed by atoms with Crippen LogP contribution in [0.25, 0.3) is 21.5 Å². The van der Waals surface area contributed by atoms with Crippen LogP contribution in [-0.2, 0) is 45.1 Å². The zero-order chi connectivity index (χ0) is 56.6. The molecular formula is C66H74N10O6. The summed E-state index contributed by atoms with van der Waals surface area (Å²) in [6.45, 7) is 15.9. The predicted molar refractivity (Wildman–Crippen MR) is 314 cm³/mol. The van der Waals surface area contributed by atoms with Crippen LogP contribution in [0.2, 0.25) is 0 Å². The first-order chi connectivity index (χ1) is 39.9. The van der Waals surface area contributed by atoms with Crippen LogP contribution in [0.3, 0.4) is 0 Å². The lowest BCUT2D eigenvalue weighted by molar-refractivity contribution is -0.128. The maximum absolute atomic E-state index is 13.1. The number of carbonyl (C=O) groups excluding carboxylic acids is 2. The van der Waals surface area contributed by atoms with E-state index >= 15 is 0 Å². The summed E-state index contributed by atoms with van der Waals surface area (Å²) < 4.78 is 27.0. The summed E-state index contributed by atoms with van der Waals surface area (Å²) in [5, 5.41) is 14.7. The van der Waals surface area contributed by atoms with Gasteiger partial charge in [-0.15, -0.1) is 0 Å². The minimum Gasteiger partial charge on any atom is -0.462 e. The summed E-state index contributed by atoms with van der Waals surface area (Å²) in [5.41, 5.74) is 10.8. The van der Waals surface area contributed by atoms with Gasteiger partial charge in [0.1, 0.15) is 19.0 Å². The minimum absolute atomic E-state index is 0.0359. The minimum atomic E-state index is -0.347. The second kappa shape index (κ2) is 23.8. The molecule has 4 saturated heterocycles. The number of carbonyl (C=O) groups is 2. The highest BCUT2D eigenvalue weighted by Crippen LogP contribution is 2.44. The molecule has 8 heterocycles. The predicted octanol–water partition coefficient (Wildman–Crippen LogP) is 9.00. The molecule has 16 nitrogen and oxygen atoms in total. The molecule has 6 aliphatic rings. The molecule has 6 atom stereocenters. The summed E-state index contributed by atoms with van der Waals surface area (Å²) in [7, 11) is 4.33. The Morgan fingerprint density at radius 2 is 1.40 bits per heavy atom. The first-order valence-corrected chi connectivity index (χ1v) is 29.4. The number of piperazine rings is 1. The van der Waals surface area contributed by atoms with Gasteiger partial charge in [-0.25, -0.2) is 0 Å². The van der Waals surface area contributed by atoms with Gasteiger partial charge >= 0.3 is 12.0 Å². The summed E-state index contributed by atoms with van der Waals surface area (Å²) in [5.74, 6) is 6.22. The normalized spacial score (nSPS) is 23.2. The fraction of sp³-hybridized carbons (Fsp3) is 0.470. The standard InChI is InChI=1S/C66H74N10O6/c1-7-13-60(78)76-29-28-75(36-48(76)21-24-67)64-54-40-80-58(34-56(54)69-66(71-64)81-37-49-19-12-25-72(49)5)52-32-46(30-45-18-10-15-42(4)62(45)52)47-31-50(73(6)35-47)38-82-65-68-55-33-57(51-20-11-17-43-16-9-14-41(3)61(43)51)79-39-53(55)63(70-65)44-22-26-74(27-23-44)59(77)8-2/h8-11,14-18,20,30,32,44,47-50,57-58H,2,12,19,21-23,25-29,31,33-40H2,1,3-6H3/t47?,48-,49-,50-,57?,58?/m0/s1. The van der Waals surface area contributed by atoms with Crippen LogP contribution in [0.5, 0.6) is 12.0 Å². The van der Waals surface area contributed by atoms with Gasteiger partial charge in [0.2, 0.25) is 5.91 Å². The van der Waals surface area contributed by atoms with E-state index in [4.69, 9.17) is 38.9 Å². The highest BCUT2D eigenvalue weighted by Gasteiger charge is 2.38. The Kier molecular flexibility index (Phi) is 16.0. The number of fused-ring (bicyclic) bond motifs is 4. The number of ether oxygens (including phenoxy) is 4. The summed E-state index contributed by atoms with van der Waals surface area (Å²) in [4.78, 5) is 56.9. The lowest BCUT2D eigenvalue weighted by atomic mass is 9.87. The Labute approximate surface area is 481 Å². The van der Waals surface area contributed by atoms with Crippen molar-refractivity contribution in [3.05, 3.63) is 135 Å². The number of nitriles is 1. The maximum Gasteiger partial charge on any atom is 0.318 e. The number of aryl methyl sites for hydroxylation is 2. The molecular weight excluding hydrogens is 1030 g/mol. The van der Waals surface area contributed by atoms with Crippen molar-refractivity contribution < 1.29 is 28.5 Å². The Morgan fingerprint density at radius 3 is 2.11 bits per heavy atom. The van der Waals surface area contributed by atoms with E-state index in [1.165, 1.54) is 49.9 Å². The monoisotopic (exact) mass is 1100 g/mol. The van der Waals surface area contributed by atoms with Crippen molar-refractivity contribution in [1.29, 1.82) is 5.26 Å². The molecule has 2 aromatic heterocycles. The van der Waals surface area contributed by atoms with Gasteiger partial charge in [-0.1, -0.05) is 79.2 Å². The summed E-state index contributed by atoms with van der Waals surface area (Å²) in [6, 6.07) is 27.3. The third-order valence-corrected chi connectivity index (χ3v) is 18.5. The van der Waals surface area contributed by atoms with Crippen LogP contribution in [-0.4, -0.2) is 143 Å². The first-order valence-electron chi connectivity index (χ1n) is 29.4. The topological polar surface area (TPSA) is 163 Å². The van der Waals surface area contributed by atoms with Crippen LogP contribution < -0.4 is 14.4 Å². The summed E-state index contributed by atoms with van der Waals surface area (Å²) in [6.07, 6.45) is 6.89. The first kappa shape index (κ1) is 55.1. The van der Waals surface area contributed by atoms with Crippen LogP contribution in [0.15, 0.2) is 79.4 Å². The fourth-order valence-electron chi connectivity index (χ4n) is 14.0. The number of aromatic nitrogens is 4. The third-order valence-electron chi connectivity index (χ3n) is 18.5. The van der Waals surface area contributed by atoms with Crippen molar-refractivity contribution in [1.82, 2.24) is 39.5 Å². The lowest BCUT2D eigenvalue weighted by Crippen LogP contribution is -2.55. The summed E-state index contributed by atoms with van der Waals surface area (Å²) >= 11 is 0. The van der Waals surface area contributed by atoms with Crippen molar-refractivity contribution in [3.8, 4) is 29.9 Å². The number of nitrogens with zero attached hydrogens (tertiary/aromatic N) is 10. The Morgan fingerprint density at radius 1 is 0.732 bits per heavy atom. The van der Waals surface area contributed by atoms with E-state index in [1.54, 1.807) is 11.8 Å². The number of benzene rings is 4. The molecule has 4 fully saturated rings. The number of hydrogen-bond acceptors (Lipinski definition) is 14. The van der Waals surface area contributed by atoms with Crippen LogP contribution in [0.1, 0.15) is 126 Å². The van der Waals surface area contributed by atoms with Crippen molar-refractivity contribution in [2.75, 3.05) is 78.0 Å². The second-order valence-corrected chi connectivity index (χ2v) is 23.4. The average Bonchev–Trinajstić information content (AvgIpc) is 4.03. The quantitative estimate of drug-likeness (QED) is 0.0796. The van der Waals surface area contributed by atoms with Gasteiger partial charge in [0.05, 0.1) is 61.0 Å². The van der Waals surface area contributed by atoms with Gasteiger partial charge in [-0.3, -0.25) is 14.5 Å². The van der Waals surface area contributed by atoms with Crippen LogP contribution in [0, 0.1) is 37.0 Å². The van der Waals surface area contributed by atoms with Gasteiger partial charge in [-0.05, 0) is 141 Å². The molecule has 0 N–H and O–H groups in total. The van der Waals surface area contributed by atoms with E-state index in [1.807, 2.05) is 4.90 Å². The molecule has 6 aliphatic heterocycles. The lowest BCUT2D eigenvalue weighted by Gasteiger charge is -2.41. The number of rotatable bonds is 13. The number of likely N-dealkylation sites (tertiary alicyclic amines) is 3. The van der Waals surface area contributed by atoms with Crippen LogP contribution >= 0.6 is 0 Å². The number of hydrogen-bond donors (Lipinski definition) is 0. The van der Waals surface area contributed by atoms with E-state index in [0.29, 0.717) is 84.0 Å². The molecule has 82 heavy (non-hydrogen) atoms. The van der Waals surface area contributed by atoms with Gasteiger partial charge < -0.3 is 38.5 Å². The average molecular weight is 1100 g/mol. The Bertz CT molecular complexity index is 3540. The molecule has 6 aromatic rings. The maximum atomic E-state index is 13.1. The highest BCUT2D eigenvalue weighted by atomic mass is 16.5. The number of likely N-dealkylation sites (N-methyl/N-ethyl adjacent to an activating group) is 2. The van der Waals surface area contributed by atoms with E-state index in [2.05, 4.69) is 134 Å².